The third kappa shape index (κ3) is 4.97. The number of rotatable bonds is 7. The number of ether oxygens (including phenoxy) is 1. The van der Waals surface area contributed by atoms with Gasteiger partial charge in [-0.05, 0) is 37.3 Å². The SMILES string of the molecule is CCCCCNC(=NC)NCC1(c2ccccc2C)CCOCC1. The lowest BCUT2D eigenvalue weighted by Gasteiger charge is -2.39. The molecule has 134 valence electrons. The van der Waals surface area contributed by atoms with Crippen LogP contribution in [-0.4, -0.2) is 39.3 Å². The van der Waals surface area contributed by atoms with E-state index in [4.69, 9.17) is 4.74 Å². The summed E-state index contributed by atoms with van der Waals surface area (Å²) in [5, 5.41) is 7.00. The van der Waals surface area contributed by atoms with Gasteiger partial charge in [-0.3, -0.25) is 4.99 Å². The molecule has 4 nitrogen and oxygen atoms in total. The van der Waals surface area contributed by atoms with Crippen molar-refractivity contribution in [3.63, 3.8) is 0 Å². The summed E-state index contributed by atoms with van der Waals surface area (Å²) in [7, 11) is 1.85. The van der Waals surface area contributed by atoms with E-state index >= 15 is 0 Å². The zero-order valence-electron chi connectivity index (χ0n) is 15.5. The van der Waals surface area contributed by atoms with Crippen LogP contribution in [0.15, 0.2) is 29.3 Å². The first-order valence-electron chi connectivity index (χ1n) is 9.30. The highest BCUT2D eigenvalue weighted by Crippen LogP contribution is 2.36. The molecule has 0 aromatic heterocycles. The second-order valence-electron chi connectivity index (χ2n) is 6.77. The Balaban J connectivity index is 2.03. The van der Waals surface area contributed by atoms with Crippen LogP contribution in [0.3, 0.4) is 0 Å². The molecule has 0 spiro atoms. The maximum atomic E-state index is 5.64. The van der Waals surface area contributed by atoms with E-state index in [1.807, 2.05) is 7.05 Å². The Bertz CT molecular complexity index is 521. The molecule has 1 fully saturated rings. The van der Waals surface area contributed by atoms with Crippen LogP contribution >= 0.6 is 0 Å². The minimum absolute atomic E-state index is 0.130. The molecule has 0 saturated carbocycles. The van der Waals surface area contributed by atoms with Crippen LogP contribution in [0.5, 0.6) is 0 Å². The fourth-order valence-electron chi connectivity index (χ4n) is 3.53. The largest absolute Gasteiger partial charge is 0.381 e. The molecular weight excluding hydrogens is 298 g/mol. The van der Waals surface area contributed by atoms with Crippen LogP contribution in [-0.2, 0) is 10.2 Å². The van der Waals surface area contributed by atoms with Gasteiger partial charge in [0.2, 0.25) is 0 Å². The quantitative estimate of drug-likeness (QED) is 0.457. The fraction of sp³-hybridized carbons (Fsp3) is 0.650. The molecule has 0 bridgehead atoms. The zero-order chi connectivity index (χ0) is 17.3. The van der Waals surface area contributed by atoms with Crippen molar-refractivity contribution in [1.82, 2.24) is 10.6 Å². The number of benzene rings is 1. The van der Waals surface area contributed by atoms with Crippen LogP contribution in [0.4, 0.5) is 0 Å². The van der Waals surface area contributed by atoms with Crippen molar-refractivity contribution in [1.29, 1.82) is 0 Å². The molecule has 4 heteroatoms. The highest BCUT2D eigenvalue weighted by molar-refractivity contribution is 5.79. The molecule has 1 saturated heterocycles. The predicted molar refractivity (Wildman–Crippen MR) is 102 cm³/mol. The summed E-state index contributed by atoms with van der Waals surface area (Å²) in [6.07, 6.45) is 5.79. The van der Waals surface area contributed by atoms with Gasteiger partial charge in [-0.2, -0.15) is 0 Å². The van der Waals surface area contributed by atoms with Crippen molar-refractivity contribution in [3.05, 3.63) is 35.4 Å². The summed E-state index contributed by atoms with van der Waals surface area (Å²) in [4.78, 5) is 4.38. The number of hydrogen-bond donors (Lipinski definition) is 2. The van der Waals surface area contributed by atoms with E-state index in [9.17, 15) is 0 Å². The highest BCUT2D eigenvalue weighted by Gasteiger charge is 2.35. The molecule has 1 aromatic rings. The standard InChI is InChI=1S/C20H33N3O/c1-4-5-8-13-22-19(21-3)23-16-20(11-14-24-15-12-20)18-10-7-6-9-17(18)2/h6-7,9-10H,4-5,8,11-16H2,1-3H3,(H2,21,22,23). The Hall–Kier alpha value is -1.55. The lowest BCUT2D eigenvalue weighted by Crippen LogP contribution is -2.48. The summed E-state index contributed by atoms with van der Waals surface area (Å²) < 4.78 is 5.64. The van der Waals surface area contributed by atoms with Crippen LogP contribution in [0.1, 0.15) is 50.2 Å². The Labute approximate surface area is 147 Å². The first-order valence-corrected chi connectivity index (χ1v) is 9.30. The average Bonchev–Trinajstić information content (AvgIpc) is 2.62. The summed E-state index contributed by atoms with van der Waals surface area (Å²) in [5.41, 5.74) is 2.94. The zero-order valence-corrected chi connectivity index (χ0v) is 15.5. The van der Waals surface area contributed by atoms with E-state index in [0.29, 0.717) is 0 Å². The van der Waals surface area contributed by atoms with Crippen LogP contribution in [0.25, 0.3) is 0 Å². The topological polar surface area (TPSA) is 45.7 Å². The van der Waals surface area contributed by atoms with E-state index < -0.39 is 0 Å². The van der Waals surface area contributed by atoms with E-state index in [2.05, 4.69) is 53.7 Å². The van der Waals surface area contributed by atoms with Gasteiger partial charge >= 0.3 is 0 Å². The van der Waals surface area contributed by atoms with E-state index in [-0.39, 0.29) is 5.41 Å². The smallest absolute Gasteiger partial charge is 0.191 e. The van der Waals surface area contributed by atoms with Crippen molar-refractivity contribution >= 4 is 5.96 Å². The number of guanidine groups is 1. The summed E-state index contributed by atoms with van der Waals surface area (Å²) in [6.45, 7) is 7.98. The minimum atomic E-state index is 0.130. The molecule has 1 aliphatic heterocycles. The predicted octanol–water partition coefficient (Wildman–Crippen LogP) is 3.40. The van der Waals surface area contributed by atoms with Crippen LogP contribution in [0.2, 0.25) is 0 Å². The number of nitrogens with zero attached hydrogens (tertiary/aromatic N) is 1. The Kier molecular flexibility index (Phi) is 7.57. The molecule has 24 heavy (non-hydrogen) atoms. The van der Waals surface area contributed by atoms with Gasteiger partial charge in [-0.15, -0.1) is 0 Å². The highest BCUT2D eigenvalue weighted by atomic mass is 16.5. The summed E-state index contributed by atoms with van der Waals surface area (Å²) in [5.74, 6) is 0.908. The summed E-state index contributed by atoms with van der Waals surface area (Å²) in [6, 6.07) is 8.76. The third-order valence-electron chi connectivity index (χ3n) is 5.06. The Morgan fingerprint density at radius 1 is 1.17 bits per heavy atom. The maximum Gasteiger partial charge on any atom is 0.191 e. The molecule has 0 radical (unpaired) electrons. The van der Waals surface area contributed by atoms with Crippen molar-refractivity contribution in [2.45, 2.75) is 51.4 Å². The molecule has 2 N–H and O–H groups in total. The first kappa shape index (κ1) is 18.8. The molecule has 2 rings (SSSR count). The van der Waals surface area contributed by atoms with Gasteiger partial charge in [-0.25, -0.2) is 0 Å². The van der Waals surface area contributed by atoms with Gasteiger partial charge in [0.1, 0.15) is 0 Å². The summed E-state index contributed by atoms with van der Waals surface area (Å²) >= 11 is 0. The number of unbranched alkanes of at least 4 members (excludes halogenated alkanes) is 2. The second-order valence-corrected chi connectivity index (χ2v) is 6.77. The van der Waals surface area contributed by atoms with Gasteiger partial charge in [0, 0.05) is 38.8 Å². The van der Waals surface area contributed by atoms with Crippen molar-refractivity contribution in [3.8, 4) is 0 Å². The third-order valence-corrected chi connectivity index (χ3v) is 5.06. The van der Waals surface area contributed by atoms with E-state index in [1.165, 1.54) is 30.4 Å². The number of aliphatic imine (C=N–C) groups is 1. The van der Waals surface area contributed by atoms with Crippen molar-refractivity contribution in [2.24, 2.45) is 4.99 Å². The Morgan fingerprint density at radius 3 is 2.58 bits per heavy atom. The normalized spacial score (nSPS) is 17.5. The second kappa shape index (κ2) is 9.67. The van der Waals surface area contributed by atoms with Crippen LogP contribution in [0, 0.1) is 6.92 Å². The van der Waals surface area contributed by atoms with Crippen molar-refractivity contribution in [2.75, 3.05) is 33.4 Å². The van der Waals surface area contributed by atoms with Crippen molar-refractivity contribution < 1.29 is 4.74 Å². The average molecular weight is 332 g/mol. The molecule has 0 aliphatic carbocycles. The molecular formula is C20H33N3O. The van der Waals surface area contributed by atoms with Gasteiger partial charge in [0.05, 0.1) is 0 Å². The lowest BCUT2D eigenvalue weighted by molar-refractivity contribution is 0.0512. The fourth-order valence-corrected chi connectivity index (χ4v) is 3.53. The lowest BCUT2D eigenvalue weighted by atomic mass is 9.72. The number of nitrogens with one attached hydrogen (secondary N) is 2. The first-order chi connectivity index (χ1) is 11.7. The molecule has 0 atom stereocenters. The van der Waals surface area contributed by atoms with Gasteiger partial charge in [-0.1, -0.05) is 44.0 Å². The van der Waals surface area contributed by atoms with Gasteiger partial charge < -0.3 is 15.4 Å². The Morgan fingerprint density at radius 2 is 1.92 bits per heavy atom. The molecule has 0 amide bonds. The number of hydrogen-bond acceptors (Lipinski definition) is 2. The monoisotopic (exact) mass is 331 g/mol. The molecule has 0 unspecified atom stereocenters. The van der Waals surface area contributed by atoms with Gasteiger partial charge in [0.15, 0.2) is 5.96 Å². The van der Waals surface area contributed by atoms with Crippen LogP contribution < -0.4 is 10.6 Å². The molecule has 1 heterocycles. The maximum absolute atomic E-state index is 5.64. The minimum Gasteiger partial charge on any atom is -0.381 e. The van der Waals surface area contributed by atoms with E-state index in [0.717, 1.165) is 45.1 Å². The number of aryl methyl sites for hydroxylation is 1. The van der Waals surface area contributed by atoms with E-state index in [1.54, 1.807) is 0 Å². The van der Waals surface area contributed by atoms with Gasteiger partial charge in [0.25, 0.3) is 0 Å². The molecule has 1 aromatic carbocycles. The molecule has 1 aliphatic rings.